The number of aryl methyl sites for hydroxylation is 1. The van der Waals surface area contributed by atoms with E-state index in [1.165, 1.54) is 11.3 Å². The number of amides is 1. The lowest BCUT2D eigenvalue weighted by Gasteiger charge is -2.41. The normalized spacial score (nSPS) is 31.7. The highest BCUT2D eigenvalue weighted by molar-refractivity contribution is 5.69. The molecule has 0 unspecified atom stereocenters. The van der Waals surface area contributed by atoms with Gasteiger partial charge in [-0.1, -0.05) is 0 Å². The molecule has 0 saturated carbocycles. The van der Waals surface area contributed by atoms with Crippen molar-refractivity contribution >= 4 is 6.09 Å². The smallest absolute Gasteiger partial charge is 0.410 e. The van der Waals surface area contributed by atoms with Crippen LogP contribution in [0.3, 0.4) is 0 Å². The number of nitrogens with zero attached hydrogens (tertiary/aromatic N) is 2. The number of H-pyrrole nitrogens is 1. The highest BCUT2D eigenvalue weighted by atomic mass is 16.6. The van der Waals surface area contributed by atoms with Crippen LogP contribution in [0.4, 0.5) is 4.79 Å². The first-order valence-electron chi connectivity index (χ1n) is 9.67. The maximum absolute atomic E-state index is 12.6. The fourth-order valence-electron chi connectivity index (χ4n) is 4.82. The van der Waals surface area contributed by atoms with E-state index in [0.29, 0.717) is 24.2 Å². The lowest BCUT2D eigenvalue weighted by molar-refractivity contribution is 0.00421. The minimum Gasteiger partial charge on any atom is -0.444 e. The maximum atomic E-state index is 12.6. The van der Waals surface area contributed by atoms with Crippen molar-refractivity contribution in [3.8, 4) is 0 Å². The van der Waals surface area contributed by atoms with Crippen LogP contribution >= 0.6 is 0 Å². The molecule has 2 N–H and O–H groups in total. The van der Waals surface area contributed by atoms with Crippen LogP contribution in [0.2, 0.25) is 0 Å². The van der Waals surface area contributed by atoms with Crippen LogP contribution < -0.4 is 5.32 Å². The summed E-state index contributed by atoms with van der Waals surface area (Å²) in [6.45, 7) is 5.82. The van der Waals surface area contributed by atoms with E-state index < -0.39 is 5.60 Å². The first-order valence-corrected chi connectivity index (χ1v) is 9.67. The van der Waals surface area contributed by atoms with Crippen LogP contribution in [0.5, 0.6) is 0 Å². The molecule has 1 amide bonds. The van der Waals surface area contributed by atoms with Crippen molar-refractivity contribution in [2.75, 3.05) is 0 Å². The molecule has 138 valence electrons. The maximum Gasteiger partial charge on any atom is 0.410 e. The summed E-state index contributed by atoms with van der Waals surface area (Å²) in [6.07, 6.45) is 9.46. The van der Waals surface area contributed by atoms with E-state index in [1.54, 1.807) is 0 Å². The predicted octanol–water partition coefficient (Wildman–Crippen LogP) is 2.79. The number of rotatable bonds is 2. The molecule has 6 nitrogen and oxygen atoms in total. The predicted molar refractivity (Wildman–Crippen MR) is 95.4 cm³/mol. The summed E-state index contributed by atoms with van der Waals surface area (Å²) in [6, 6.07) is 1.70. The fraction of sp³-hybridized carbons (Fsp3) is 0.789. The van der Waals surface area contributed by atoms with E-state index in [9.17, 15) is 4.79 Å². The Morgan fingerprint density at radius 3 is 2.64 bits per heavy atom. The highest BCUT2D eigenvalue weighted by Gasteiger charge is 2.45. The van der Waals surface area contributed by atoms with Gasteiger partial charge >= 0.3 is 6.09 Å². The molecule has 1 aromatic heterocycles. The summed E-state index contributed by atoms with van der Waals surface area (Å²) in [5.74, 6) is 0. The second kappa shape index (κ2) is 6.31. The number of hydrogen-bond donors (Lipinski definition) is 2. The van der Waals surface area contributed by atoms with Crippen molar-refractivity contribution in [3.05, 3.63) is 17.5 Å². The molecule has 3 heterocycles. The molecule has 4 rings (SSSR count). The third-order valence-corrected chi connectivity index (χ3v) is 5.83. The van der Waals surface area contributed by atoms with Gasteiger partial charge in [0, 0.05) is 29.9 Å². The zero-order valence-electron chi connectivity index (χ0n) is 15.5. The molecular weight excluding hydrogens is 316 g/mol. The Kier molecular flexibility index (Phi) is 4.26. The van der Waals surface area contributed by atoms with Gasteiger partial charge in [0.25, 0.3) is 0 Å². The van der Waals surface area contributed by atoms with Gasteiger partial charge in [0.2, 0.25) is 0 Å². The molecule has 6 heteroatoms. The van der Waals surface area contributed by atoms with Crippen molar-refractivity contribution in [1.82, 2.24) is 20.4 Å². The molecule has 0 radical (unpaired) electrons. The number of hydrogen-bond acceptors (Lipinski definition) is 4. The van der Waals surface area contributed by atoms with E-state index in [4.69, 9.17) is 4.74 Å². The van der Waals surface area contributed by atoms with Crippen LogP contribution in [0.1, 0.15) is 64.1 Å². The number of fused-ring (bicyclic) bond motifs is 3. The lowest BCUT2D eigenvalue weighted by Crippen LogP contribution is -2.54. The Balaban J connectivity index is 1.35. The fourth-order valence-corrected chi connectivity index (χ4v) is 4.82. The SMILES string of the molecule is CC(C)(C)OC(=O)N1[C@H]2CC[C@H]1CC(N[C@@H]1CCc3[nH]ncc3C1)C2. The van der Waals surface area contributed by atoms with Crippen molar-refractivity contribution in [3.63, 3.8) is 0 Å². The average molecular weight is 346 g/mol. The molecule has 2 aliphatic heterocycles. The number of nitrogens with one attached hydrogen (secondary N) is 2. The van der Waals surface area contributed by atoms with Gasteiger partial charge in [-0.05, 0) is 71.3 Å². The lowest BCUT2D eigenvalue weighted by atomic mass is 9.90. The molecule has 2 fully saturated rings. The first-order chi connectivity index (χ1) is 11.9. The minimum atomic E-state index is -0.421. The number of piperidine rings is 1. The standard InChI is InChI=1S/C19H30N4O2/c1-19(2,3)25-18(24)23-15-5-6-16(23)10-14(9-15)21-13-4-7-17-12(8-13)11-20-22-17/h11,13-16,21H,4-10H2,1-3H3,(H,20,22)/t13-,15+,16+/m1/s1. The van der Waals surface area contributed by atoms with Gasteiger partial charge in [0.15, 0.2) is 0 Å². The topological polar surface area (TPSA) is 70.2 Å². The number of carbonyl (C=O) groups excluding carboxylic acids is 1. The van der Waals surface area contributed by atoms with Crippen molar-refractivity contribution in [1.29, 1.82) is 0 Å². The van der Waals surface area contributed by atoms with E-state index in [-0.39, 0.29) is 6.09 Å². The second-order valence-corrected chi connectivity index (χ2v) is 8.92. The van der Waals surface area contributed by atoms with Crippen LogP contribution in [0.15, 0.2) is 6.20 Å². The average Bonchev–Trinajstić information content (AvgIpc) is 3.08. The number of ether oxygens (including phenoxy) is 1. The summed E-state index contributed by atoms with van der Waals surface area (Å²) >= 11 is 0. The van der Waals surface area contributed by atoms with Crippen LogP contribution in [-0.2, 0) is 17.6 Å². The Morgan fingerprint density at radius 2 is 1.96 bits per heavy atom. The van der Waals surface area contributed by atoms with Gasteiger partial charge in [0.05, 0.1) is 6.20 Å². The molecule has 0 aromatic carbocycles. The third-order valence-electron chi connectivity index (χ3n) is 5.83. The molecule has 25 heavy (non-hydrogen) atoms. The summed E-state index contributed by atoms with van der Waals surface area (Å²) < 4.78 is 5.63. The van der Waals surface area contributed by atoms with Crippen molar-refractivity contribution in [2.45, 2.75) is 95.5 Å². The Morgan fingerprint density at radius 1 is 1.24 bits per heavy atom. The Bertz CT molecular complexity index is 622. The molecule has 3 aliphatic rings. The van der Waals surface area contributed by atoms with Crippen molar-refractivity contribution < 1.29 is 9.53 Å². The molecule has 1 aromatic rings. The van der Waals surface area contributed by atoms with Gasteiger partial charge < -0.3 is 15.0 Å². The van der Waals surface area contributed by atoms with Gasteiger partial charge in [-0.25, -0.2) is 4.79 Å². The van der Waals surface area contributed by atoms with Gasteiger partial charge in [-0.3, -0.25) is 5.10 Å². The van der Waals surface area contributed by atoms with E-state index in [1.807, 2.05) is 31.9 Å². The molecule has 3 atom stereocenters. The quantitative estimate of drug-likeness (QED) is 0.864. The van der Waals surface area contributed by atoms with Crippen molar-refractivity contribution in [2.24, 2.45) is 0 Å². The summed E-state index contributed by atoms with van der Waals surface area (Å²) in [5.41, 5.74) is 2.24. The molecular formula is C19H30N4O2. The first kappa shape index (κ1) is 16.9. The van der Waals surface area contributed by atoms with E-state index in [2.05, 4.69) is 15.5 Å². The monoisotopic (exact) mass is 346 g/mol. The van der Waals surface area contributed by atoms with Gasteiger partial charge in [-0.15, -0.1) is 0 Å². The van der Waals surface area contributed by atoms with Gasteiger partial charge in [-0.2, -0.15) is 5.10 Å². The number of aromatic nitrogens is 2. The van der Waals surface area contributed by atoms with Crippen LogP contribution in [0, 0.1) is 0 Å². The molecule has 2 bridgehead atoms. The number of carbonyl (C=O) groups is 1. The second-order valence-electron chi connectivity index (χ2n) is 8.92. The summed E-state index contributed by atoms with van der Waals surface area (Å²) in [5, 5.41) is 11.2. The summed E-state index contributed by atoms with van der Waals surface area (Å²) in [4.78, 5) is 14.6. The minimum absolute atomic E-state index is 0.126. The highest BCUT2D eigenvalue weighted by Crippen LogP contribution is 2.37. The summed E-state index contributed by atoms with van der Waals surface area (Å²) in [7, 11) is 0. The zero-order valence-corrected chi connectivity index (χ0v) is 15.5. The molecule has 0 spiro atoms. The Labute approximate surface area is 149 Å². The van der Waals surface area contributed by atoms with Crippen LogP contribution in [0.25, 0.3) is 0 Å². The van der Waals surface area contributed by atoms with Gasteiger partial charge in [0.1, 0.15) is 5.60 Å². The molecule has 1 aliphatic carbocycles. The molecule has 2 saturated heterocycles. The largest absolute Gasteiger partial charge is 0.444 e. The Hall–Kier alpha value is -1.56. The van der Waals surface area contributed by atoms with E-state index in [0.717, 1.165) is 44.9 Å². The number of aromatic amines is 1. The third kappa shape index (κ3) is 3.54. The van der Waals surface area contributed by atoms with E-state index >= 15 is 0 Å². The van der Waals surface area contributed by atoms with Crippen LogP contribution in [-0.4, -0.2) is 51.0 Å². The zero-order chi connectivity index (χ0) is 17.6.